The molecular weight excluding hydrogens is 416 g/mol. The third-order valence-corrected chi connectivity index (χ3v) is 3.86. The lowest BCUT2D eigenvalue weighted by Crippen LogP contribution is -2.09. The first-order valence-electron chi connectivity index (χ1n) is 6.49. The van der Waals surface area contributed by atoms with E-state index in [4.69, 9.17) is 14.2 Å². The van der Waals surface area contributed by atoms with Gasteiger partial charge in [-0.15, -0.1) is 0 Å². The van der Waals surface area contributed by atoms with E-state index in [1.807, 2.05) is 6.07 Å². The second-order valence-corrected chi connectivity index (χ2v) is 6.10. The van der Waals surface area contributed by atoms with Crippen molar-refractivity contribution in [2.45, 2.75) is 0 Å². The third kappa shape index (κ3) is 4.83. The highest BCUT2D eigenvalue weighted by Crippen LogP contribution is 2.29. The highest BCUT2D eigenvalue weighted by Gasteiger charge is 2.11. The zero-order valence-electron chi connectivity index (χ0n) is 11.8. The summed E-state index contributed by atoms with van der Waals surface area (Å²) in [5.41, 5.74) is 0.453. The number of carbonyl (C=O) groups excluding carboxylic acids is 1. The van der Waals surface area contributed by atoms with Gasteiger partial charge in [-0.3, -0.25) is 0 Å². The van der Waals surface area contributed by atoms with Crippen molar-refractivity contribution >= 4 is 37.8 Å². The molecule has 22 heavy (non-hydrogen) atoms. The van der Waals surface area contributed by atoms with Crippen LogP contribution in [0, 0.1) is 0 Å². The molecule has 0 radical (unpaired) electrons. The largest absolute Gasteiger partial charge is 0.491 e. The summed E-state index contributed by atoms with van der Waals surface area (Å²) in [6.45, 7) is 0.980. The summed E-state index contributed by atoms with van der Waals surface area (Å²) in [5.74, 6) is 0.721. The SMILES string of the molecule is COCCOc1ccc(C(=O)Oc2ccc(Br)cc2Br)cc1. The molecule has 2 aromatic carbocycles. The molecule has 2 aromatic rings. The van der Waals surface area contributed by atoms with Crippen LogP contribution in [0.5, 0.6) is 11.5 Å². The number of carbonyl (C=O) groups is 1. The quantitative estimate of drug-likeness (QED) is 0.386. The number of hydrogen-bond acceptors (Lipinski definition) is 4. The van der Waals surface area contributed by atoms with Crippen LogP contribution in [0.3, 0.4) is 0 Å². The molecule has 116 valence electrons. The van der Waals surface area contributed by atoms with Crippen molar-refractivity contribution in [3.05, 3.63) is 57.0 Å². The fourth-order valence-corrected chi connectivity index (χ4v) is 2.77. The summed E-state index contributed by atoms with van der Waals surface area (Å²) in [5, 5.41) is 0. The van der Waals surface area contributed by atoms with Crippen molar-refractivity contribution in [2.24, 2.45) is 0 Å². The predicted octanol–water partition coefficient (Wildman–Crippen LogP) is 4.46. The summed E-state index contributed by atoms with van der Waals surface area (Å²) < 4.78 is 17.3. The lowest BCUT2D eigenvalue weighted by atomic mass is 10.2. The smallest absolute Gasteiger partial charge is 0.343 e. The average molecular weight is 430 g/mol. The van der Waals surface area contributed by atoms with Gasteiger partial charge in [0.2, 0.25) is 0 Å². The van der Waals surface area contributed by atoms with Crippen LogP contribution in [-0.4, -0.2) is 26.3 Å². The van der Waals surface area contributed by atoms with Gasteiger partial charge in [-0.05, 0) is 58.4 Å². The third-order valence-electron chi connectivity index (χ3n) is 2.74. The maximum Gasteiger partial charge on any atom is 0.343 e. The molecule has 0 aliphatic carbocycles. The molecule has 0 amide bonds. The number of rotatable bonds is 6. The van der Waals surface area contributed by atoms with Crippen molar-refractivity contribution in [3.63, 3.8) is 0 Å². The average Bonchev–Trinajstić information content (AvgIpc) is 2.51. The van der Waals surface area contributed by atoms with Crippen LogP contribution in [0.2, 0.25) is 0 Å². The molecule has 0 N–H and O–H groups in total. The Bertz CT molecular complexity index is 641. The standard InChI is InChI=1S/C16H14Br2O4/c1-20-8-9-21-13-5-2-11(3-6-13)16(19)22-15-7-4-12(17)10-14(15)18/h2-7,10H,8-9H2,1H3. The molecule has 4 nitrogen and oxygen atoms in total. The molecule has 0 saturated heterocycles. The Morgan fingerprint density at radius 3 is 2.41 bits per heavy atom. The number of esters is 1. The van der Waals surface area contributed by atoms with Crippen LogP contribution in [0.4, 0.5) is 0 Å². The van der Waals surface area contributed by atoms with Crippen LogP contribution in [-0.2, 0) is 4.74 Å². The van der Waals surface area contributed by atoms with Gasteiger partial charge in [0.25, 0.3) is 0 Å². The van der Waals surface area contributed by atoms with Gasteiger partial charge in [-0.2, -0.15) is 0 Å². The van der Waals surface area contributed by atoms with Gasteiger partial charge in [-0.25, -0.2) is 4.79 Å². The highest BCUT2D eigenvalue weighted by atomic mass is 79.9. The van der Waals surface area contributed by atoms with Gasteiger partial charge in [0, 0.05) is 11.6 Å². The second-order valence-electron chi connectivity index (χ2n) is 4.33. The van der Waals surface area contributed by atoms with Crippen molar-refractivity contribution in [2.75, 3.05) is 20.3 Å². The minimum absolute atomic E-state index is 0.425. The Kier molecular flexibility index (Phi) is 6.42. The Morgan fingerprint density at radius 2 is 1.77 bits per heavy atom. The number of methoxy groups -OCH3 is 1. The van der Waals surface area contributed by atoms with Gasteiger partial charge >= 0.3 is 5.97 Å². The van der Waals surface area contributed by atoms with E-state index in [9.17, 15) is 4.79 Å². The van der Waals surface area contributed by atoms with Crippen LogP contribution in [0.1, 0.15) is 10.4 Å². The van der Waals surface area contributed by atoms with Gasteiger partial charge < -0.3 is 14.2 Å². The minimum atomic E-state index is -0.425. The van der Waals surface area contributed by atoms with Crippen LogP contribution in [0.15, 0.2) is 51.4 Å². The minimum Gasteiger partial charge on any atom is -0.491 e. The Balaban J connectivity index is 2.00. The molecule has 6 heteroatoms. The van der Waals surface area contributed by atoms with E-state index in [0.717, 1.165) is 4.47 Å². The molecule has 0 saturated carbocycles. The first-order valence-corrected chi connectivity index (χ1v) is 8.08. The summed E-state index contributed by atoms with van der Waals surface area (Å²) in [4.78, 5) is 12.1. The first-order chi connectivity index (χ1) is 10.6. The Hall–Kier alpha value is -1.37. The van der Waals surface area contributed by atoms with Crippen LogP contribution < -0.4 is 9.47 Å². The summed E-state index contributed by atoms with van der Waals surface area (Å²) in [7, 11) is 1.61. The molecule has 0 atom stereocenters. The number of halogens is 2. The molecular formula is C16H14Br2O4. The molecule has 2 rings (SSSR count). The van der Waals surface area contributed by atoms with E-state index >= 15 is 0 Å². The van der Waals surface area contributed by atoms with Crippen LogP contribution >= 0.6 is 31.9 Å². The zero-order valence-corrected chi connectivity index (χ0v) is 15.0. The van der Waals surface area contributed by atoms with Crippen molar-refractivity contribution in [1.29, 1.82) is 0 Å². The van der Waals surface area contributed by atoms with Gasteiger partial charge in [0.15, 0.2) is 0 Å². The molecule has 0 aliphatic rings. The maximum absolute atomic E-state index is 12.1. The normalized spacial score (nSPS) is 10.3. The van der Waals surface area contributed by atoms with Crippen molar-refractivity contribution in [3.8, 4) is 11.5 Å². The molecule has 0 spiro atoms. The number of benzene rings is 2. The van der Waals surface area contributed by atoms with E-state index in [1.165, 1.54) is 0 Å². The first kappa shape index (κ1) is 17.0. The molecule has 0 fully saturated rings. The maximum atomic E-state index is 12.1. The molecule has 0 heterocycles. The fourth-order valence-electron chi connectivity index (χ4n) is 1.65. The summed E-state index contributed by atoms with van der Waals surface area (Å²) in [6.07, 6.45) is 0. The van der Waals surface area contributed by atoms with E-state index in [-0.39, 0.29) is 0 Å². The van der Waals surface area contributed by atoms with E-state index in [1.54, 1.807) is 43.5 Å². The number of hydrogen-bond donors (Lipinski definition) is 0. The molecule has 0 aromatic heterocycles. The summed E-state index contributed by atoms with van der Waals surface area (Å²) >= 11 is 6.70. The highest BCUT2D eigenvalue weighted by molar-refractivity contribution is 9.11. The van der Waals surface area contributed by atoms with Crippen molar-refractivity contribution in [1.82, 2.24) is 0 Å². The van der Waals surface area contributed by atoms with E-state index in [2.05, 4.69) is 31.9 Å². The lowest BCUT2D eigenvalue weighted by Gasteiger charge is -2.08. The van der Waals surface area contributed by atoms with Gasteiger partial charge in [0.1, 0.15) is 18.1 Å². The van der Waals surface area contributed by atoms with E-state index < -0.39 is 5.97 Å². The van der Waals surface area contributed by atoms with Crippen molar-refractivity contribution < 1.29 is 19.0 Å². The molecule has 0 unspecified atom stereocenters. The second kappa shape index (κ2) is 8.31. The Labute approximate surface area is 145 Å². The molecule has 0 aliphatic heterocycles. The monoisotopic (exact) mass is 428 g/mol. The zero-order chi connectivity index (χ0) is 15.9. The van der Waals surface area contributed by atoms with Gasteiger partial charge in [-0.1, -0.05) is 15.9 Å². The Morgan fingerprint density at radius 1 is 1.05 bits per heavy atom. The van der Waals surface area contributed by atoms with Crippen LogP contribution in [0.25, 0.3) is 0 Å². The van der Waals surface area contributed by atoms with E-state index in [0.29, 0.717) is 34.7 Å². The molecule has 0 bridgehead atoms. The topological polar surface area (TPSA) is 44.8 Å². The fraction of sp³-hybridized carbons (Fsp3) is 0.188. The van der Waals surface area contributed by atoms with Gasteiger partial charge in [0.05, 0.1) is 16.6 Å². The lowest BCUT2D eigenvalue weighted by molar-refractivity contribution is 0.0733. The number of ether oxygens (including phenoxy) is 3. The predicted molar refractivity (Wildman–Crippen MR) is 90.6 cm³/mol. The summed E-state index contributed by atoms with van der Waals surface area (Å²) in [6, 6.07) is 12.1.